The van der Waals surface area contributed by atoms with Gasteiger partial charge < -0.3 is 9.51 Å². The highest BCUT2D eigenvalue weighted by Gasteiger charge is 2.32. The number of carbonyl (C=O) groups is 2. The molecule has 5 rings (SSSR count). The molecule has 0 fully saturated rings. The molecule has 0 amide bonds. The molecule has 232 valence electrons. The quantitative estimate of drug-likeness (QED) is 0.108. The number of ketones is 1. The number of nitrogens with zero attached hydrogens (tertiary/aromatic N) is 2. The number of hydrogen-bond acceptors (Lipinski definition) is 2. The molecular weight excluding hydrogens is 556 g/mol. The molecule has 0 atom stereocenters. The maximum absolute atomic E-state index is 14.2. The number of pyridine rings is 1. The number of quaternary nitrogens is 1. The van der Waals surface area contributed by atoms with Gasteiger partial charge in [0.15, 0.2) is 5.78 Å². The summed E-state index contributed by atoms with van der Waals surface area (Å²) in [6.45, 7) is 8.96. The molecule has 0 aliphatic carbocycles. The smallest absolute Gasteiger partial charge is 0.303 e. The molecule has 5 heteroatoms. The van der Waals surface area contributed by atoms with Gasteiger partial charge in [-0.05, 0) is 66.8 Å². The Labute approximate surface area is 267 Å². The first-order chi connectivity index (χ1) is 21.6. The number of carboxylic acids is 1. The fourth-order valence-corrected chi connectivity index (χ4v) is 6.35. The summed E-state index contributed by atoms with van der Waals surface area (Å²) in [5.41, 5.74) is 8.90. The molecule has 3 aromatic carbocycles. The fraction of sp³-hybridized carbons (Fsp3) is 0.300. The Morgan fingerprint density at radius 2 is 1.33 bits per heavy atom. The molecule has 0 saturated carbocycles. The van der Waals surface area contributed by atoms with Crippen molar-refractivity contribution >= 4 is 34.3 Å². The second kappa shape index (κ2) is 13.7. The van der Waals surface area contributed by atoms with Gasteiger partial charge in [0, 0.05) is 65.8 Å². The molecule has 0 aliphatic rings. The van der Waals surface area contributed by atoms with E-state index in [0.717, 1.165) is 41.1 Å². The van der Waals surface area contributed by atoms with E-state index in [-0.39, 0.29) is 12.2 Å². The average molecular weight is 602 g/mol. The third-order valence-electron chi connectivity index (χ3n) is 8.64. The number of fused-ring (bicyclic) bond motifs is 1. The first-order valence-corrected chi connectivity index (χ1v) is 16.1. The zero-order valence-corrected chi connectivity index (χ0v) is 27.2. The lowest BCUT2D eigenvalue weighted by Crippen LogP contribution is -2.34. The van der Waals surface area contributed by atoms with Crippen LogP contribution < -0.4 is 4.48 Å². The van der Waals surface area contributed by atoms with Gasteiger partial charge >= 0.3 is 5.97 Å². The van der Waals surface area contributed by atoms with Crippen LogP contribution in [0.25, 0.3) is 5.52 Å². The third kappa shape index (κ3) is 7.10. The summed E-state index contributed by atoms with van der Waals surface area (Å²) in [4.78, 5) is 25.3. The maximum atomic E-state index is 14.2. The minimum absolute atomic E-state index is 0.0452. The second-order valence-corrected chi connectivity index (χ2v) is 13.2. The molecule has 0 radical (unpaired) electrons. The Kier molecular flexibility index (Phi) is 9.69. The van der Waals surface area contributed by atoms with Gasteiger partial charge in [-0.1, -0.05) is 70.2 Å². The highest BCUT2D eigenvalue weighted by atomic mass is 16.4. The van der Waals surface area contributed by atoms with Crippen molar-refractivity contribution in [2.45, 2.75) is 59.8 Å². The van der Waals surface area contributed by atoms with Crippen molar-refractivity contribution in [1.82, 2.24) is 8.88 Å². The molecule has 2 aromatic heterocycles. The SMILES string of the molecule is CC(C)Cc1ccc([N+](C)(c2ccc(CC(C)C)cc2)c2cccc(C(=O)c3cc(CCCC(=O)O)n4ccccc34)c2)cc1. The van der Waals surface area contributed by atoms with Crippen LogP contribution in [0.1, 0.15) is 73.3 Å². The Balaban J connectivity index is 1.57. The van der Waals surface area contributed by atoms with Crippen LogP contribution in [0.15, 0.2) is 103 Å². The normalized spacial score (nSPS) is 11.9. The number of aromatic nitrogens is 1. The molecule has 0 saturated heterocycles. The molecule has 0 bridgehead atoms. The fourth-order valence-electron chi connectivity index (χ4n) is 6.35. The molecule has 45 heavy (non-hydrogen) atoms. The first kappa shape index (κ1) is 31.9. The predicted octanol–water partition coefficient (Wildman–Crippen LogP) is 9.58. The zero-order valence-electron chi connectivity index (χ0n) is 27.2. The van der Waals surface area contributed by atoms with Crippen LogP contribution in [0.5, 0.6) is 0 Å². The lowest BCUT2D eigenvalue weighted by atomic mass is 9.99. The van der Waals surface area contributed by atoms with Crippen molar-refractivity contribution in [1.29, 1.82) is 0 Å². The summed E-state index contributed by atoms with van der Waals surface area (Å²) in [7, 11) is 2.20. The van der Waals surface area contributed by atoms with Crippen molar-refractivity contribution < 1.29 is 14.7 Å². The minimum atomic E-state index is -0.811. The van der Waals surface area contributed by atoms with Crippen molar-refractivity contribution in [3.05, 3.63) is 131 Å². The van der Waals surface area contributed by atoms with Crippen LogP contribution in [-0.2, 0) is 24.1 Å². The van der Waals surface area contributed by atoms with Crippen LogP contribution in [-0.4, -0.2) is 28.3 Å². The van der Waals surface area contributed by atoms with Crippen LogP contribution in [0.2, 0.25) is 0 Å². The maximum Gasteiger partial charge on any atom is 0.303 e. The van der Waals surface area contributed by atoms with Gasteiger partial charge in [-0.25, -0.2) is 4.48 Å². The van der Waals surface area contributed by atoms with Crippen LogP contribution in [0.3, 0.4) is 0 Å². The van der Waals surface area contributed by atoms with Crippen molar-refractivity contribution in [3.63, 3.8) is 0 Å². The highest BCUT2D eigenvalue weighted by molar-refractivity contribution is 6.14. The largest absolute Gasteiger partial charge is 0.481 e. The Bertz CT molecular complexity index is 1730. The van der Waals surface area contributed by atoms with E-state index in [0.29, 0.717) is 40.3 Å². The summed E-state index contributed by atoms with van der Waals surface area (Å²) in [5.74, 6) is 0.303. The average Bonchev–Trinajstić information content (AvgIpc) is 3.39. The number of carbonyl (C=O) groups excluding carboxylic acids is 1. The van der Waals surface area contributed by atoms with E-state index in [1.165, 1.54) is 11.1 Å². The highest BCUT2D eigenvalue weighted by Crippen LogP contribution is 2.42. The van der Waals surface area contributed by atoms with E-state index in [9.17, 15) is 9.59 Å². The standard InChI is InChI=1S/C40H44N2O3/c1-28(2)24-30-15-19-34(20-16-30)42(5,35-21-17-31(18-22-35)25-29(3)4)36-12-8-10-32(26-36)40(45)37-27-33(11-9-14-39(43)44)41-23-7-6-13-38(37)41/h6-8,10,12-13,15-23,26-29H,9,11,14,24-25H2,1-5H3/p+1. The summed E-state index contributed by atoms with van der Waals surface area (Å²) in [6.07, 6.45) is 5.20. The van der Waals surface area contributed by atoms with Crippen molar-refractivity contribution in [3.8, 4) is 0 Å². The van der Waals surface area contributed by atoms with Gasteiger partial charge in [-0.3, -0.25) is 9.59 Å². The zero-order chi connectivity index (χ0) is 32.1. The number of carboxylic acid groups (broad SMARTS) is 1. The predicted molar refractivity (Wildman–Crippen MR) is 185 cm³/mol. The number of aryl methyl sites for hydroxylation is 1. The summed E-state index contributed by atoms with van der Waals surface area (Å²) in [5, 5.41) is 9.14. The first-order valence-electron chi connectivity index (χ1n) is 16.1. The summed E-state index contributed by atoms with van der Waals surface area (Å²) in [6, 6.07) is 33.6. The summed E-state index contributed by atoms with van der Waals surface area (Å²) < 4.78 is 2.43. The van der Waals surface area contributed by atoms with E-state index in [1.54, 1.807) is 0 Å². The van der Waals surface area contributed by atoms with E-state index in [4.69, 9.17) is 5.11 Å². The molecule has 5 nitrogen and oxygen atoms in total. The van der Waals surface area contributed by atoms with Gasteiger partial charge in [0.25, 0.3) is 0 Å². The van der Waals surface area contributed by atoms with E-state index in [1.807, 2.05) is 53.1 Å². The van der Waals surface area contributed by atoms with Crippen LogP contribution >= 0.6 is 0 Å². The van der Waals surface area contributed by atoms with Crippen molar-refractivity contribution in [2.75, 3.05) is 7.05 Å². The number of benzene rings is 3. The Morgan fingerprint density at radius 3 is 1.89 bits per heavy atom. The van der Waals surface area contributed by atoms with Gasteiger partial charge in [0.05, 0.1) is 12.6 Å². The number of aliphatic carboxylic acids is 1. The Morgan fingerprint density at radius 1 is 0.733 bits per heavy atom. The second-order valence-electron chi connectivity index (χ2n) is 13.2. The van der Waals surface area contributed by atoms with Crippen LogP contribution in [0, 0.1) is 11.8 Å². The van der Waals surface area contributed by atoms with Gasteiger partial charge in [-0.2, -0.15) is 0 Å². The monoisotopic (exact) mass is 601 g/mol. The molecule has 2 heterocycles. The molecule has 0 unspecified atom stereocenters. The van der Waals surface area contributed by atoms with E-state index in [2.05, 4.69) is 89.3 Å². The molecule has 0 spiro atoms. The topological polar surface area (TPSA) is 58.8 Å². The Hall–Kier alpha value is -4.48. The molecule has 0 aliphatic heterocycles. The number of hydrogen-bond donors (Lipinski definition) is 1. The molecule has 5 aromatic rings. The van der Waals surface area contributed by atoms with Gasteiger partial charge in [0.1, 0.15) is 17.1 Å². The molecule has 1 N–H and O–H groups in total. The third-order valence-corrected chi connectivity index (χ3v) is 8.64. The van der Waals surface area contributed by atoms with E-state index < -0.39 is 5.97 Å². The lowest BCUT2D eigenvalue weighted by Gasteiger charge is -2.34. The number of rotatable bonds is 13. The van der Waals surface area contributed by atoms with Gasteiger partial charge in [-0.15, -0.1) is 0 Å². The summed E-state index contributed by atoms with van der Waals surface area (Å²) >= 11 is 0. The lowest BCUT2D eigenvalue weighted by molar-refractivity contribution is -0.137. The van der Waals surface area contributed by atoms with Gasteiger partial charge in [0.2, 0.25) is 0 Å². The molecular formula is C40H45N2O3+. The van der Waals surface area contributed by atoms with E-state index >= 15 is 0 Å². The van der Waals surface area contributed by atoms with Crippen LogP contribution in [0.4, 0.5) is 17.1 Å². The van der Waals surface area contributed by atoms with Crippen molar-refractivity contribution in [2.24, 2.45) is 11.8 Å². The minimum Gasteiger partial charge on any atom is -0.481 e.